The molecule has 27 heavy (non-hydrogen) atoms. The monoisotopic (exact) mass is 364 g/mol. The molecule has 0 unspecified atom stereocenters. The Morgan fingerprint density at radius 1 is 1.19 bits per heavy atom. The van der Waals surface area contributed by atoms with Crippen LogP contribution < -0.4 is 10.6 Å². The molecule has 0 saturated carbocycles. The quantitative estimate of drug-likeness (QED) is 0.691. The van der Waals surface area contributed by atoms with E-state index < -0.39 is 0 Å². The second-order valence-corrected chi connectivity index (χ2v) is 6.99. The molecular weight excluding hydrogens is 340 g/mol. The highest BCUT2D eigenvalue weighted by molar-refractivity contribution is 5.80. The Balaban J connectivity index is 1.31. The molecule has 1 aliphatic rings. The number of nitrogens with one attached hydrogen (secondary N) is 2. The van der Waals surface area contributed by atoms with E-state index in [-0.39, 0.29) is 17.7 Å². The van der Waals surface area contributed by atoms with Gasteiger partial charge in [0.25, 0.3) is 0 Å². The number of carbonyl (C=O) groups excluding carboxylic acids is 1. The molecule has 3 heterocycles. The molecule has 4 rings (SSSR count). The molecule has 7 heteroatoms. The molecule has 1 saturated heterocycles. The van der Waals surface area contributed by atoms with Crippen molar-refractivity contribution in [3.63, 3.8) is 0 Å². The average Bonchev–Trinajstić information content (AvgIpc) is 3.42. The maximum absolute atomic E-state index is 12.7. The van der Waals surface area contributed by atoms with Crippen LogP contribution >= 0.6 is 0 Å². The Hall–Kier alpha value is -2.93. The van der Waals surface area contributed by atoms with Gasteiger partial charge < -0.3 is 10.6 Å². The van der Waals surface area contributed by atoms with E-state index in [0.29, 0.717) is 13.1 Å². The van der Waals surface area contributed by atoms with E-state index >= 15 is 0 Å². The summed E-state index contributed by atoms with van der Waals surface area (Å²) in [5.41, 5.74) is 3.25. The summed E-state index contributed by atoms with van der Waals surface area (Å²) < 4.78 is 3.64. The van der Waals surface area contributed by atoms with Crippen LogP contribution in [0.3, 0.4) is 0 Å². The third-order valence-electron chi connectivity index (χ3n) is 5.07. The highest BCUT2D eigenvalue weighted by atomic mass is 16.1. The van der Waals surface area contributed by atoms with Gasteiger partial charge in [0.1, 0.15) is 0 Å². The molecule has 140 valence electrons. The number of nitrogens with zero attached hydrogens (tertiary/aromatic N) is 4. The fourth-order valence-corrected chi connectivity index (χ4v) is 3.61. The van der Waals surface area contributed by atoms with E-state index in [0.717, 1.165) is 29.8 Å². The Kier molecular flexibility index (Phi) is 5.02. The summed E-state index contributed by atoms with van der Waals surface area (Å²) >= 11 is 0. The van der Waals surface area contributed by atoms with Crippen molar-refractivity contribution in [1.29, 1.82) is 0 Å². The van der Waals surface area contributed by atoms with Crippen LogP contribution in [0.2, 0.25) is 0 Å². The first kappa shape index (κ1) is 17.5. The third kappa shape index (κ3) is 3.93. The van der Waals surface area contributed by atoms with E-state index in [1.165, 1.54) is 0 Å². The maximum Gasteiger partial charge on any atom is 0.225 e. The lowest BCUT2D eigenvalue weighted by Crippen LogP contribution is -2.35. The van der Waals surface area contributed by atoms with Gasteiger partial charge in [-0.05, 0) is 29.7 Å². The number of aromatic nitrogens is 4. The molecule has 2 N–H and O–H groups in total. The fourth-order valence-electron chi connectivity index (χ4n) is 3.61. The average molecular weight is 364 g/mol. The van der Waals surface area contributed by atoms with Gasteiger partial charge in [0.15, 0.2) is 0 Å². The van der Waals surface area contributed by atoms with Gasteiger partial charge in [0, 0.05) is 45.0 Å². The molecule has 1 fully saturated rings. The molecule has 0 radical (unpaired) electrons. The number of para-hydroxylation sites is 1. The summed E-state index contributed by atoms with van der Waals surface area (Å²) in [6, 6.07) is 10.0. The van der Waals surface area contributed by atoms with Crippen LogP contribution in [0, 0.1) is 5.92 Å². The zero-order chi connectivity index (χ0) is 18.6. The summed E-state index contributed by atoms with van der Waals surface area (Å²) in [5.74, 6) is 0.227. The number of hydrogen-bond donors (Lipinski definition) is 2. The van der Waals surface area contributed by atoms with Gasteiger partial charge in [-0.15, -0.1) is 0 Å². The molecule has 0 bridgehead atoms. The number of rotatable bonds is 6. The minimum absolute atomic E-state index is 0.0544. The summed E-state index contributed by atoms with van der Waals surface area (Å²) in [7, 11) is 1.90. The first-order valence-electron chi connectivity index (χ1n) is 9.26. The van der Waals surface area contributed by atoms with Crippen LogP contribution in [0.4, 0.5) is 0 Å². The van der Waals surface area contributed by atoms with Gasteiger partial charge in [-0.25, -0.2) is 4.68 Å². The molecule has 7 nitrogen and oxygen atoms in total. The van der Waals surface area contributed by atoms with Gasteiger partial charge in [-0.1, -0.05) is 18.2 Å². The highest BCUT2D eigenvalue weighted by Gasteiger charge is 2.34. The standard InChI is InChI=1S/C20H24N6O/c1-25-14-16(10-23-25)18-11-21-12-19(18)20(27)22-8-7-15-9-24-26(13-15)17-5-3-2-4-6-17/h2-6,9-10,13-14,18-19,21H,7-8,11-12H2,1H3,(H,22,27)/t18-,19+/m1/s1. The van der Waals surface area contributed by atoms with Crippen molar-refractivity contribution in [1.82, 2.24) is 30.2 Å². The van der Waals surface area contributed by atoms with Crippen molar-refractivity contribution in [3.05, 3.63) is 66.2 Å². The molecule has 0 spiro atoms. The SMILES string of the molecule is Cn1cc([C@H]2CNC[C@@H]2C(=O)NCCc2cnn(-c3ccccc3)c2)cn1. The molecule has 2 aromatic heterocycles. The number of carbonyl (C=O) groups is 1. The van der Waals surface area contributed by atoms with Gasteiger partial charge in [0.2, 0.25) is 5.91 Å². The van der Waals surface area contributed by atoms with E-state index in [4.69, 9.17) is 0 Å². The lowest BCUT2D eigenvalue weighted by atomic mass is 9.90. The van der Waals surface area contributed by atoms with Gasteiger partial charge >= 0.3 is 0 Å². The van der Waals surface area contributed by atoms with Crippen molar-refractivity contribution in [2.45, 2.75) is 12.3 Å². The van der Waals surface area contributed by atoms with E-state index in [2.05, 4.69) is 20.8 Å². The van der Waals surface area contributed by atoms with Crippen molar-refractivity contribution in [3.8, 4) is 5.69 Å². The first-order valence-corrected chi connectivity index (χ1v) is 9.26. The van der Waals surface area contributed by atoms with E-state index in [9.17, 15) is 4.79 Å². The molecule has 1 aliphatic heterocycles. The zero-order valence-corrected chi connectivity index (χ0v) is 15.4. The normalized spacial score (nSPS) is 19.3. The van der Waals surface area contributed by atoms with Crippen molar-refractivity contribution >= 4 is 5.91 Å². The lowest BCUT2D eigenvalue weighted by Gasteiger charge is -2.16. The van der Waals surface area contributed by atoms with Crippen molar-refractivity contribution < 1.29 is 4.79 Å². The minimum atomic E-state index is -0.0544. The van der Waals surface area contributed by atoms with Gasteiger partial charge in [-0.3, -0.25) is 9.48 Å². The largest absolute Gasteiger partial charge is 0.355 e. The third-order valence-corrected chi connectivity index (χ3v) is 5.07. The molecule has 0 aliphatic carbocycles. The maximum atomic E-state index is 12.7. The van der Waals surface area contributed by atoms with Crippen LogP contribution in [-0.4, -0.2) is 45.1 Å². The van der Waals surface area contributed by atoms with Crippen LogP contribution in [-0.2, 0) is 18.3 Å². The molecular formula is C20H24N6O. The summed E-state index contributed by atoms with van der Waals surface area (Å²) in [5, 5.41) is 15.0. The smallest absolute Gasteiger partial charge is 0.225 e. The van der Waals surface area contributed by atoms with E-state index in [1.54, 1.807) is 4.68 Å². The Bertz CT molecular complexity index is 900. The first-order chi connectivity index (χ1) is 13.2. The zero-order valence-electron chi connectivity index (χ0n) is 15.4. The number of aryl methyl sites for hydroxylation is 1. The summed E-state index contributed by atoms with van der Waals surface area (Å²) in [4.78, 5) is 12.7. The van der Waals surface area contributed by atoms with Crippen molar-refractivity contribution in [2.75, 3.05) is 19.6 Å². The predicted molar refractivity (Wildman–Crippen MR) is 103 cm³/mol. The summed E-state index contributed by atoms with van der Waals surface area (Å²) in [6.07, 6.45) is 8.48. The second-order valence-electron chi connectivity index (χ2n) is 6.99. The lowest BCUT2D eigenvalue weighted by molar-refractivity contribution is -0.124. The van der Waals surface area contributed by atoms with E-state index in [1.807, 2.05) is 66.8 Å². The minimum Gasteiger partial charge on any atom is -0.355 e. The summed E-state index contributed by atoms with van der Waals surface area (Å²) in [6.45, 7) is 2.13. The molecule has 3 aromatic rings. The Morgan fingerprint density at radius 2 is 2.04 bits per heavy atom. The predicted octanol–water partition coefficient (Wildman–Crippen LogP) is 1.27. The van der Waals surface area contributed by atoms with Gasteiger partial charge in [0.05, 0.1) is 24.0 Å². The topological polar surface area (TPSA) is 76.8 Å². The molecule has 2 atom stereocenters. The molecule has 1 amide bonds. The van der Waals surface area contributed by atoms with Gasteiger partial charge in [-0.2, -0.15) is 10.2 Å². The Morgan fingerprint density at radius 3 is 2.81 bits per heavy atom. The number of benzene rings is 1. The van der Waals surface area contributed by atoms with Crippen LogP contribution in [0.15, 0.2) is 55.1 Å². The number of amides is 1. The highest BCUT2D eigenvalue weighted by Crippen LogP contribution is 2.27. The van der Waals surface area contributed by atoms with Crippen LogP contribution in [0.1, 0.15) is 17.0 Å². The van der Waals surface area contributed by atoms with Crippen LogP contribution in [0.25, 0.3) is 5.69 Å². The van der Waals surface area contributed by atoms with Crippen LogP contribution in [0.5, 0.6) is 0 Å². The molecule has 1 aromatic carbocycles. The number of hydrogen-bond acceptors (Lipinski definition) is 4. The van der Waals surface area contributed by atoms with Crippen molar-refractivity contribution in [2.24, 2.45) is 13.0 Å². The second kappa shape index (κ2) is 7.75. The Labute approximate surface area is 158 Å². The fraction of sp³-hybridized carbons (Fsp3) is 0.350.